The van der Waals surface area contributed by atoms with Gasteiger partial charge in [-0.15, -0.1) is 0 Å². The molecule has 0 spiro atoms. The highest BCUT2D eigenvalue weighted by atomic mass is 16.5. The van der Waals surface area contributed by atoms with Crippen LogP contribution >= 0.6 is 0 Å². The molecule has 4 aromatic rings. The molecule has 9 nitrogen and oxygen atoms in total. The molecule has 0 bridgehead atoms. The molecular weight excluding hydrogens is 418 g/mol. The molecule has 1 aliphatic carbocycles. The second-order valence-corrected chi connectivity index (χ2v) is 7.75. The fourth-order valence-electron chi connectivity index (χ4n) is 4.01. The molecule has 4 aromatic heterocycles. The Bertz CT molecular complexity index is 1230. The predicted molar refractivity (Wildman–Crippen MR) is 129 cm³/mol. The smallest absolute Gasteiger partial charge is 0.163 e. The number of ether oxygens (including phenoxy) is 2. The van der Waals surface area contributed by atoms with Crippen LogP contribution in [-0.4, -0.2) is 42.7 Å². The molecule has 1 aliphatic rings. The number of fused-ring (bicyclic) bond motifs is 1. The molecule has 0 saturated heterocycles. The molecule has 0 aliphatic heterocycles. The van der Waals surface area contributed by atoms with Crippen molar-refractivity contribution in [1.82, 2.24) is 29.5 Å². The second-order valence-electron chi connectivity index (χ2n) is 7.75. The summed E-state index contributed by atoms with van der Waals surface area (Å²) in [4.78, 5) is 9.17. The molecule has 0 radical (unpaired) electrons. The maximum Gasteiger partial charge on any atom is 0.163 e. The molecular formula is C24H31N7O2. The number of hydrogen-bond acceptors (Lipinski definition) is 7. The summed E-state index contributed by atoms with van der Waals surface area (Å²) in [7, 11) is 5.38. The molecule has 1 N–H and O–H groups in total. The van der Waals surface area contributed by atoms with Gasteiger partial charge in [-0.1, -0.05) is 13.8 Å². The van der Waals surface area contributed by atoms with E-state index in [2.05, 4.69) is 20.5 Å². The Morgan fingerprint density at radius 2 is 1.85 bits per heavy atom. The van der Waals surface area contributed by atoms with Gasteiger partial charge in [-0.2, -0.15) is 10.2 Å². The standard InChI is InChI=1S/C22H25N7O2.C2H6/c1-28-20(11-16(27-28)21-17(30-3)9-6-10-23-21)25-19-12-18(31-14-7-4-5-8-14)15-13-24-29(2)22(15)26-19;1-2/h6,9-14H,4-5,7-8H2,1-3H3,(H,25,26);1-2H3. The number of hydrogen-bond donors (Lipinski definition) is 1. The number of nitrogens with one attached hydrogen (secondary N) is 1. The van der Waals surface area contributed by atoms with E-state index in [0.29, 0.717) is 23.0 Å². The molecule has 33 heavy (non-hydrogen) atoms. The average Bonchev–Trinajstić information content (AvgIpc) is 3.57. The lowest BCUT2D eigenvalue weighted by molar-refractivity contribution is 0.213. The van der Waals surface area contributed by atoms with Gasteiger partial charge in [-0.05, 0) is 37.8 Å². The maximum absolute atomic E-state index is 6.33. The summed E-state index contributed by atoms with van der Waals surface area (Å²) in [6.07, 6.45) is 8.39. The van der Waals surface area contributed by atoms with Gasteiger partial charge in [-0.25, -0.2) is 4.98 Å². The van der Waals surface area contributed by atoms with E-state index in [9.17, 15) is 0 Å². The van der Waals surface area contributed by atoms with Gasteiger partial charge in [-0.3, -0.25) is 14.3 Å². The second kappa shape index (κ2) is 9.89. The highest BCUT2D eigenvalue weighted by molar-refractivity contribution is 5.84. The average molecular weight is 450 g/mol. The summed E-state index contributed by atoms with van der Waals surface area (Å²) >= 11 is 0. The summed E-state index contributed by atoms with van der Waals surface area (Å²) in [6, 6.07) is 7.58. The van der Waals surface area contributed by atoms with Gasteiger partial charge < -0.3 is 14.8 Å². The van der Waals surface area contributed by atoms with E-state index in [1.54, 1.807) is 22.7 Å². The minimum Gasteiger partial charge on any atom is -0.494 e. The SMILES string of the molecule is CC.COc1cccnc1-c1cc(Nc2cc(OC3CCCC3)c3cnn(C)c3n2)n(C)n1. The lowest BCUT2D eigenvalue weighted by Crippen LogP contribution is -2.11. The monoisotopic (exact) mass is 449 g/mol. The van der Waals surface area contributed by atoms with Crippen molar-refractivity contribution in [3.63, 3.8) is 0 Å². The quantitative estimate of drug-likeness (QED) is 0.449. The maximum atomic E-state index is 6.33. The number of pyridine rings is 2. The van der Waals surface area contributed by atoms with Gasteiger partial charge in [0.15, 0.2) is 5.65 Å². The number of rotatable bonds is 6. The first kappa shape index (κ1) is 22.6. The molecule has 5 rings (SSSR count). The summed E-state index contributed by atoms with van der Waals surface area (Å²) in [5.41, 5.74) is 2.17. The van der Waals surface area contributed by atoms with Gasteiger partial charge in [0.05, 0.1) is 24.8 Å². The van der Waals surface area contributed by atoms with E-state index < -0.39 is 0 Å². The van der Waals surface area contributed by atoms with Gasteiger partial charge in [0.2, 0.25) is 0 Å². The molecule has 9 heteroatoms. The zero-order valence-electron chi connectivity index (χ0n) is 19.9. The molecule has 1 fully saturated rings. The van der Waals surface area contributed by atoms with Crippen LogP contribution in [0.1, 0.15) is 39.5 Å². The molecule has 174 valence electrons. The summed E-state index contributed by atoms with van der Waals surface area (Å²) in [5.74, 6) is 2.94. The first-order valence-corrected chi connectivity index (χ1v) is 11.4. The van der Waals surface area contributed by atoms with Crippen molar-refractivity contribution in [3.8, 4) is 22.9 Å². The van der Waals surface area contributed by atoms with Crippen LogP contribution in [0.3, 0.4) is 0 Å². The van der Waals surface area contributed by atoms with Gasteiger partial charge in [0.25, 0.3) is 0 Å². The van der Waals surface area contributed by atoms with Crippen molar-refractivity contribution in [2.24, 2.45) is 14.1 Å². The Hall–Kier alpha value is -3.62. The van der Waals surface area contributed by atoms with Crippen molar-refractivity contribution in [2.75, 3.05) is 12.4 Å². The molecule has 0 unspecified atom stereocenters. The number of nitrogens with zero attached hydrogens (tertiary/aromatic N) is 6. The van der Waals surface area contributed by atoms with Crippen LogP contribution in [0, 0.1) is 0 Å². The number of methoxy groups -OCH3 is 1. The van der Waals surface area contributed by atoms with E-state index in [0.717, 1.165) is 35.4 Å². The molecule has 1 saturated carbocycles. The van der Waals surface area contributed by atoms with Crippen LogP contribution in [0.2, 0.25) is 0 Å². The summed E-state index contributed by atoms with van der Waals surface area (Å²) in [5, 5.41) is 13.3. The Kier molecular flexibility index (Phi) is 6.76. The molecule has 0 amide bonds. The number of anilines is 2. The predicted octanol–water partition coefficient (Wildman–Crippen LogP) is 4.86. The van der Waals surface area contributed by atoms with Crippen LogP contribution in [-0.2, 0) is 14.1 Å². The van der Waals surface area contributed by atoms with Gasteiger partial charge in [0.1, 0.15) is 34.5 Å². The minimum absolute atomic E-state index is 0.249. The van der Waals surface area contributed by atoms with Crippen LogP contribution in [0.15, 0.2) is 36.7 Å². The fourth-order valence-corrected chi connectivity index (χ4v) is 4.01. The Balaban J connectivity index is 0.00000126. The van der Waals surface area contributed by atoms with Crippen LogP contribution in [0.4, 0.5) is 11.6 Å². The Morgan fingerprint density at radius 3 is 2.61 bits per heavy atom. The van der Waals surface area contributed by atoms with Crippen LogP contribution in [0.25, 0.3) is 22.4 Å². The van der Waals surface area contributed by atoms with E-state index in [1.165, 1.54) is 12.8 Å². The lowest BCUT2D eigenvalue weighted by Gasteiger charge is -2.15. The molecule has 4 heterocycles. The van der Waals surface area contributed by atoms with Crippen LogP contribution < -0.4 is 14.8 Å². The van der Waals surface area contributed by atoms with Crippen molar-refractivity contribution in [1.29, 1.82) is 0 Å². The largest absolute Gasteiger partial charge is 0.494 e. The fraction of sp³-hybridized carbons (Fsp3) is 0.417. The lowest BCUT2D eigenvalue weighted by atomic mass is 10.2. The summed E-state index contributed by atoms with van der Waals surface area (Å²) in [6.45, 7) is 4.00. The van der Waals surface area contributed by atoms with Gasteiger partial charge >= 0.3 is 0 Å². The van der Waals surface area contributed by atoms with Crippen LogP contribution in [0.5, 0.6) is 11.5 Å². The number of aryl methyl sites for hydroxylation is 2. The zero-order valence-corrected chi connectivity index (χ0v) is 19.9. The third-order valence-corrected chi connectivity index (χ3v) is 5.63. The Labute approximate surface area is 193 Å². The van der Waals surface area contributed by atoms with E-state index in [-0.39, 0.29) is 6.10 Å². The minimum atomic E-state index is 0.249. The summed E-state index contributed by atoms with van der Waals surface area (Å²) < 4.78 is 15.3. The first-order chi connectivity index (χ1) is 16.1. The van der Waals surface area contributed by atoms with E-state index >= 15 is 0 Å². The van der Waals surface area contributed by atoms with Crippen molar-refractivity contribution in [3.05, 3.63) is 36.7 Å². The first-order valence-electron chi connectivity index (χ1n) is 11.4. The molecule has 0 aromatic carbocycles. The van der Waals surface area contributed by atoms with Gasteiger partial charge in [0, 0.05) is 32.4 Å². The highest BCUT2D eigenvalue weighted by Gasteiger charge is 2.20. The number of aromatic nitrogens is 6. The van der Waals surface area contributed by atoms with Crippen molar-refractivity contribution < 1.29 is 9.47 Å². The normalized spacial score (nSPS) is 13.6. The third kappa shape index (κ3) is 4.62. The third-order valence-electron chi connectivity index (χ3n) is 5.63. The van der Waals surface area contributed by atoms with E-state index in [4.69, 9.17) is 14.5 Å². The molecule has 0 atom stereocenters. The Morgan fingerprint density at radius 1 is 1.06 bits per heavy atom. The zero-order chi connectivity index (χ0) is 23.4. The highest BCUT2D eigenvalue weighted by Crippen LogP contribution is 2.33. The van der Waals surface area contributed by atoms with Crippen molar-refractivity contribution in [2.45, 2.75) is 45.6 Å². The van der Waals surface area contributed by atoms with Crippen molar-refractivity contribution >= 4 is 22.7 Å². The topological polar surface area (TPSA) is 91.9 Å². The van der Waals surface area contributed by atoms with E-state index in [1.807, 2.05) is 58.4 Å².